The molecule has 0 saturated carbocycles. The Balaban J connectivity index is 1.55. The molecular formula is C30H28N4O4. The molecule has 1 N–H and O–H groups in total. The van der Waals surface area contributed by atoms with Crippen LogP contribution in [-0.4, -0.2) is 52.3 Å². The molecular weight excluding hydrogens is 480 g/mol. The fourth-order valence-electron chi connectivity index (χ4n) is 5.08. The Hall–Kier alpha value is -4.64. The first-order valence-electron chi connectivity index (χ1n) is 12.5. The number of carbonyl (C=O) groups excluding carboxylic acids is 3. The molecule has 5 rings (SSSR count). The summed E-state index contributed by atoms with van der Waals surface area (Å²) < 4.78 is 5.58. The van der Waals surface area contributed by atoms with E-state index in [4.69, 9.17) is 4.74 Å². The van der Waals surface area contributed by atoms with E-state index in [-0.39, 0.29) is 19.0 Å². The molecule has 38 heavy (non-hydrogen) atoms. The molecule has 1 atom stereocenters. The van der Waals surface area contributed by atoms with E-state index >= 15 is 0 Å². The van der Waals surface area contributed by atoms with Crippen molar-refractivity contribution in [2.75, 3.05) is 19.7 Å². The lowest BCUT2D eigenvalue weighted by molar-refractivity contribution is -0.127. The first-order valence-corrected chi connectivity index (χ1v) is 12.5. The van der Waals surface area contributed by atoms with Crippen molar-refractivity contribution in [1.82, 2.24) is 20.1 Å². The summed E-state index contributed by atoms with van der Waals surface area (Å²) in [6.45, 7) is 6.39. The first kappa shape index (κ1) is 25.0. The number of imide groups is 1. The van der Waals surface area contributed by atoms with Crippen LogP contribution in [0.1, 0.15) is 40.9 Å². The monoisotopic (exact) mass is 508 g/mol. The van der Waals surface area contributed by atoms with Gasteiger partial charge in [0, 0.05) is 23.9 Å². The molecule has 4 amide bonds. The van der Waals surface area contributed by atoms with E-state index in [0.29, 0.717) is 30.0 Å². The lowest BCUT2D eigenvalue weighted by atomic mass is 9.86. The fourth-order valence-corrected chi connectivity index (χ4v) is 5.08. The summed E-state index contributed by atoms with van der Waals surface area (Å²) in [5, 5.41) is 2.46. The predicted molar refractivity (Wildman–Crippen MR) is 142 cm³/mol. The molecule has 8 heteroatoms. The second kappa shape index (κ2) is 10.0. The number of hydrogen-bond acceptors (Lipinski definition) is 5. The van der Waals surface area contributed by atoms with Crippen LogP contribution in [0.15, 0.2) is 60.8 Å². The number of fused-ring (bicyclic) bond motifs is 1. The Morgan fingerprint density at radius 3 is 2.58 bits per heavy atom. The molecule has 3 aromatic rings. The Morgan fingerprint density at radius 2 is 1.87 bits per heavy atom. The van der Waals surface area contributed by atoms with Crippen LogP contribution < -0.4 is 10.1 Å². The van der Waals surface area contributed by atoms with Crippen LogP contribution in [0.25, 0.3) is 11.3 Å². The minimum absolute atomic E-state index is 0.0184. The van der Waals surface area contributed by atoms with Gasteiger partial charge >= 0.3 is 6.03 Å². The molecule has 0 radical (unpaired) electrons. The van der Waals surface area contributed by atoms with Crippen LogP contribution in [0.3, 0.4) is 0 Å². The van der Waals surface area contributed by atoms with Gasteiger partial charge in [-0.05, 0) is 61.7 Å². The Bertz CT molecular complexity index is 1490. The highest BCUT2D eigenvalue weighted by atomic mass is 16.5. The summed E-state index contributed by atoms with van der Waals surface area (Å²) in [5.41, 5.74) is 3.30. The average Bonchev–Trinajstić information content (AvgIpc) is 3.35. The van der Waals surface area contributed by atoms with Gasteiger partial charge in [0.15, 0.2) is 5.54 Å². The number of aromatic nitrogens is 1. The van der Waals surface area contributed by atoms with Crippen molar-refractivity contribution in [3.63, 3.8) is 0 Å². The van der Waals surface area contributed by atoms with Crippen molar-refractivity contribution in [3.8, 4) is 28.8 Å². The number of rotatable bonds is 7. The van der Waals surface area contributed by atoms with Gasteiger partial charge in [0.25, 0.3) is 11.8 Å². The lowest BCUT2D eigenvalue weighted by Gasteiger charge is -2.37. The summed E-state index contributed by atoms with van der Waals surface area (Å²) in [7, 11) is 0. The number of carbonyl (C=O) groups is 3. The summed E-state index contributed by atoms with van der Waals surface area (Å²) in [4.78, 5) is 47.6. The normalized spacial score (nSPS) is 18.2. The number of nitrogens with one attached hydrogen (secondary N) is 1. The smallest absolute Gasteiger partial charge is 0.326 e. The molecule has 0 spiro atoms. The largest absolute Gasteiger partial charge is 0.494 e. The molecule has 3 heterocycles. The van der Waals surface area contributed by atoms with E-state index < -0.39 is 17.5 Å². The van der Waals surface area contributed by atoms with E-state index in [9.17, 15) is 14.4 Å². The topological polar surface area (TPSA) is 91.8 Å². The number of benzene rings is 2. The van der Waals surface area contributed by atoms with Gasteiger partial charge in [-0.2, -0.15) is 0 Å². The van der Waals surface area contributed by atoms with Crippen LogP contribution in [0.5, 0.6) is 5.75 Å². The molecule has 2 aliphatic heterocycles. The van der Waals surface area contributed by atoms with Crippen molar-refractivity contribution in [2.24, 2.45) is 0 Å². The number of aryl methyl sites for hydroxylation is 1. The minimum atomic E-state index is -1.44. The third-order valence-electron chi connectivity index (χ3n) is 6.98. The molecule has 1 fully saturated rings. The zero-order chi connectivity index (χ0) is 26.9. The van der Waals surface area contributed by atoms with Crippen molar-refractivity contribution in [1.29, 1.82) is 0 Å². The number of pyridine rings is 1. The number of amides is 4. The zero-order valence-electron chi connectivity index (χ0n) is 21.6. The molecule has 192 valence electrons. The van der Waals surface area contributed by atoms with Gasteiger partial charge in [0.2, 0.25) is 0 Å². The molecule has 1 aromatic heterocycles. The maximum atomic E-state index is 13.6. The molecule has 2 aromatic carbocycles. The molecule has 2 aliphatic rings. The van der Waals surface area contributed by atoms with E-state index in [2.05, 4.69) is 22.1 Å². The van der Waals surface area contributed by atoms with Crippen LogP contribution >= 0.6 is 0 Å². The van der Waals surface area contributed by atoms with Crippen LogP contribution in [0.2, 0.25) is 0 Å². The van der Waals surface area contributed by atoms with Gasteiger partial charge < -0.3 is 9.64 Å². The molecule has 0 unspecified atom stereocenters. The lowest BCUT2D eigenvalue weighted by Crippen LogP contribution is -2.54. The van der Waals surface area contributed by atoms with Crippen molar-refractivity contribution in [3.05, 3.63) is 83.0 Å². The van der Waals surface area contributed by atoms with Gasteiger partial charge in [0.1, 0.15) is 5.75 Å². The van der Waals surface area contributed by atoms with E-state index in [1.54, 1.807) is 24.1 Å². The molecule has 1 saturated heterocycles. The van der Waals surface area contributed by atoms with Gasteiger partial charge in [-0.15, -0.1) is 5.92 Å². The fraction of sp³-hybridized carbons (Fsp3) is 0.267. The second-order valence-corrected chi connectivity index (χ2v) is 9.34. The van der Waals surface area contributed by atoms with Gasteiger partial charge in [-0.3, -0.25) is 24.8 Å². The standard InChI is InChI=1S/C30H28N4O4/c1-4-6-15-34-29(37)32-28(36)30(34,23-10-7-21(8-11-23)26-16-20(3)13-14-31-26)19-33-18-22-9-12-24(38-5-2)17-25(22)27(33)35/h7-14,16-17H,5,15,18-19H2,1-3H3,(H,32,36,37)/t30-/m0/s1. The highest BCUT2D eigenvalue weighted by Gasteiger charge is 2.56. The number of nitrogens with zero attached hydrogens (tertiary/aromatic N) is 3. The number of ether oxygens (including phenoxy) is 1. The van der Waals surface area contributed by atoms with E-state index in [0.717, 1.165) is 22.4 Å². The summed E-state index contributed by atoms with van der Waals surface area (Å²) >= 11 is 0. The first-order chi connectivity index (χ1) is 18.4. The number of urea groups is 1. The predicted octanol–water partition coefficient (Wildman–Crippen LogP) is 3.88. The van der Waals surface area contributed by atoms with Crippen molar-refractivity contribution >= 4 is 17.8 Å². The Labute approximate surface area is 221 Å². The van der Waals surface area contributed by atoms with E-state index in [1.165, 1.54) is 4.90 Å². The second-order valence-electron chi connectivity index (χ2n) is 9.34. The third kappa shape index (κ3) is 4.26. The highest BCUT2D eigenvalue weighted by molar-refractivity contribution is 6.08. The summed E-state index contributed by atoms with van der Waals surface area (Å²) in [6.07, 6.45) is 1.75. The van der Waals surface area contributed by atoms with E-state index in [1.807, 2.05) is 62.4 Å². The minimum Gasteiger partial charge on any atom is -0.494 e. The third-order valence-corrected chi connectivity index (χ3v) is 6.98. The maximum Gasteiger partial charge on any atom is 0.326 e. The van der Waals surface area contributed by atoms with Crippen LogP contribution in [0.4, 0.5) is 4.79 Å². The van der Waals surface area contributed by atoms with Gasteiger partial charge in [0.05, 0.1) is 25.4 Å². The molecule has 0 aliphatic carbocycles. The highest BCUT2D eigenvalue weighted by Crippen LogP contribution is 2.38. The average molecular weight is 509 g/mol. The maximum absolute atomic E-state index is 13.6. The summed E-state index contributed by atoms with van der Waals surface area (Å²) in [6, 6.07) is 16.2. The summed E-state index contributed by atoms with van der Waals surface area (Å²) in [5.74, 6) is 5.64. The van der Waals surface area contributed by atoms with Gasteiger partial charge in [-0.25, -0.2) is 4.79 Å². The van der Waals surface area contributed by atoms with Crippen molar-refractivity contribution in [2.45, 2.75) is 32.9 Å². The zero-order valence-corrected chi connectivity index (χ0v) is 21.6. The van der Waals surface area contributed by atoms with Gasteiger partial charge in [-0.1, -0.05) is 36.3 Å². The molecule has 8 nitrogen and oxygen atoms in total. The van der Waals surface area contributed by atoms with Crippen molar-refractivity contribution < 1.29 is 19.1 Å². The van der Waals surface area contributed by atoms with Crippen LogP contribution in [0, 0.1) is 18.8 Å². The Morgan fingerprint density at radius 1 is 1.08 bits per heavy atom. The Kier molecular flexibility index (Phi) is 6.60. The molecule has 0 bridgehead atoms. The SMILES string of the molecule is CC#CCN1C(=O)NC(=O)[C@]1(CN1Cc2ccc(OCC)cc2C1=O)c1ccc(-c2cc(C)ccn2)cc1. The number of hydrogen-bond donors (Lipinski definition) is 1. The van der Waals surface area contributed by atoms with Crippen LogP contribution in [-0.2, 0) is 16.9 Å². The quantitative estimate of drug-likeness (QED) is 0.386.